The summed E-state index contributed by atoms with van der Waals surface area (Å²) in [5.41, 5.74) is 12.3. The van der Waals surface area contributed by atoms with Crippen LogP contribution in [0, 0.1) is 0 Å². The smallest absolute Gasteiger partial charge is 0.218 e. The van der Waals surface area contributed by atoms with Crippen molar-refractivity contribution in [1.82, 2.24) is 0 Å². The highest BCUT2D eigenvalue weighted by atomic mass is 35.5. The molecule has 1 aromatic carbocycles. The molecule has 0 saturated carbocycles. The highest BCUT2D eigenvalue weighted by molar-refractivity contribution is 6.30. The Kier molecular flexibility index (Phi) is 9.07. The molecule has 0 heterocycles. The zero-order valence-corrected chi connectivity index (χ0v) is 13.9. The van der Waals surface area contributed by atoms with Gasteiger partial charge in [0.25, 0.3) is 0 Å². The molecule has 5 nitrogen and oxygen atoms in total. The molecule has 0 unspecified atom stereocenters. The average molecular weight is 324 g/mol. The van der Waals surface area contributed by atoms with E-state index in [0.29, 0.717) is 11.6 Å². The fourth-order valence-corrected chi connectivity index (χ4v) is 2.08. The lowest BCUT2D eigenvalue weighted by Gasteiger charge is -2.05. The Bertz CT molecular complexity index is 482. The molecule has 0 aromatic heterocycles. The lowest BCUT2D eigenvalue weighted by atomic mass is 10.1. The molecule has 22 heavy (non-hydrogen) atoms. The van der Waals surface area contributed by atoms with Crippen LogP contribution in [0.2, 0.25) is 5.02 Å². The monoisotopic (exact) mass is 323 g/mol. The molecule has 0 aliphatic rings. The molecule has 5 N–H and O–H groups in total. The van der Waals surface area contributed by atoms with Crippen LogP contribution >= 0.6 is 11.6 Å². The van der Waals surface area contributed by atoms with Crippen molar-refractivity contribution in [2.75, 3.05) is 11.9 Å². The number of rotatable bonds is 8. The van der Waals surface area contributed by atoms with Crippen LogP contribution in [-0.2, 0) is 0 Å². The number of halogens is 1. The second kappa shape index (κ2) is 10.9. The fraction of sp³-hybridized carbons (Fsp3) is 0.500. The van der Waals surface area contributed by atoms with Crippen molar-refractivity contribution in [3.8, 4) is 0 Å². The molecular formula is C16H26ClN5. The fourth-order valence-electron chi connectivity index (χ4n) is 1.95. The summed E-state index contributed by atoms with van der Waals surface area (Å²) in [5, 5.41) is 3.60. The minimum atomic E-state index is 0.201. The van der Waals surface area contributed by atoms with E-state index in [9.17, 15) is 0 Å². The number of hydrogen-bond acceptors (Lipinski definition) is 1. The van der Waals surface area contributed by atoms with Gasteiger partial charge in [0.15, 0.2) is 0 Å². The molecule has 0 radical (unpaired) electrons. The summed E-state index contributed by atoms with van der Waals surface area (Å²) in [4.78, 5) is 8.22. The number of guanidine groups is 2. The van der Waals surface area contributed by atoms with E-state index in [2.05, 4.69) is 22.2 Å². The molecule has 0 saturated heterocycles. The van der Waals surface area contributed by atoms with Crippen molar-refractivity contribution in [2.24, 2.45) is 21.5 Å². The SMILES string of the molecule is CCCCCCCCN=C(N)N=C(N)Nc1ccc(Cl)cc1. The molecule has 1 aromatic rings. The zero-order valence-electron chi connectivity index (χ0n) is 13.2. The number of nitrogens with one attached hydrogen (secondary N) is 1. The number of unbranched alkanes of at least 4 members (excludes halogenated alkanes) is 5. The first-order valence-corrected chi connectivity index (χ1v) is 8.16. The van der Waals surface area contributed by atoms with Crippen LogP contribution in [0.5, 0.6) is 0 Å². The summed E-state index contributed by atoms with van der Waals surface area (Å²) in [6.07, 6.45) is 7.34. The largest absolute Gasteiger partial charge is 0.369 e. The number of benzene rings is 1. The van der Waals surface area contributed by atoms with Crippen molar-refractivity contribution >= 4 is 29.2 Å². The Morgan fingerprint density at radius 2 is 1.68 bits per heavy atom. The van der Waals surface area contributed by atoms with E-state index < -0.39 is 0 Å². The highest BCUT2D eigenvalue weighted by Crippen LogP contribution is 2.12. The number of nitrogens with zero attached hydrogens (tertiary/aromatic N) is 2. The number of anilines is 1. The molecule has 1 rings (SSSR count). The van der Waals surface area contributed by atoms with Crippen molar-refractivity contribution in [1.29, 1.82) is 0 Å². The van der Waals surface area contributed by atoms with Gasteiger partial charge in [0.05, 0.1) is 0 Å². The van der Waals surface area contributed by atoms with Gasteiger partial charge in [-0.2, -0.15) is 4.99 Å². The van der Waals surface area contributed by atoms with Crippen LogP contribution in [0.1, 0.15) is 45.4 Å². The third-order valence-corrected chi connectivity index (χ3v) is 3.39. The van der Waals surface area contributed by atoms with E-state index >= 15 is 0 Å². The molecule has 0 amide bonds. The van der Waals surface area contributed by atoms with Gasteiger partial charge in [-0.1, -0.05) is 50.6 Å². The van der Waals surface area contributed by atoms with E-state index in [1.807, 2.05) is 12.1 Å². The van der Waals surface area contributed by atoms with Crippen molar-refractivity contribution in [3.63, 3.8) is 0 Å². The third kappa shape index (κ3) is 8.52. The maximum atomic E-state index is 5.82. The Balaban J connectivity index is 2.30. The summed E-state index contributed by atoms with van der Waals surface area (Å²) in [6.45, 7) is 2.90. The third-order valence-electron chi connectivity index (χ3n) is 3.14. The van der Waals surface area contributed by atoms with Crippen molar-refractivity contribution in [3.05, 3.63) is 29.3 Å². The van der Waals surface area contributed by atoms with Crippen LogP contribution in [0.25, 0.3) is 0 Å². The molecule has 0 spiro atoms. The van der Waals surface area contributed by atoms with Gasteiger partial charge in [0.2, 0.25) is 11.9 Å². The number of nitrogens with two attached hydrogens (primary N) is 2. The topological polar surface area (TPSA) is 88.8 Å². The predicted octanol–water partition coefficient (Wildman–Crippen LogP) is 3.74. The maximum Gasteiger partial charge on any atom is 0.218 e. The molecule has 6 heteroatoms. The van der Waals surface area contributed by atoms with Crippen LogP contribution in [0.3, 0.4) is 0 Å². The summed E-state index contributed by atoms with van der Waals surface area (Å²) in [5.74, 6) is 0.416. The Morgan fingerprint density at radius 3 is 2.36 bits per heavy atom. The van der Waals surface area contributed by atoms with Gasteiger partial charge in [-0.3, -0.25) is 4.99 Å². The first-order valence-electron chi connectivity index (χ1n) is 7.78. The van der Waals surface area contributed by atoms with Gasteiger partial charge >= 0.3 is 0 Å². The van der Waals surface area contributed by atoms with Crippen molar-refractivity contribution < 1.29 is 0 Å². The van der Waals surface area contributed by atoms with E-state index in [1.165, 1.54) is 32.1 Å². The van der Waals surface area contributed by atoms with E-state index in [4.69, 9.17) is 23.1 Å². The summed E-state index contributed by atoms with van der Waals surface area (Å²) in [6, 6.07) is 7.17. The Hall–Kier alpha value is -1.75. The van der Waals surface area contributed by atoms with Gasteiger partial charge in [-0.15, -0.1) is 0 Å². The second-order valence-electron chi connectivity index (χ2n) is 5.14. The van der Waals surface area contributed by atoms with Crippen LogP contribution in [-0.4, -0.2) is 18.5 Å². The predicted molar refractivity (Wildman–Crippen MR) is 96.6 cm³/mol. The molecule has 0 fully saturated rings. The number of aliphatic imine (C=N–C) groups is 2. The summed E-state index contributed by atoms with van der Waals surface area (Å²) >= 11 is 5.82. The minimum absolute atomic E-state index is 0.201. The number of hydrogen-bond donors (Lipinski definition) is 3. The van der Waals surface area contributed by atoms with Crippen LogP contribution < -0.4 is 16.8 Å². The Labute approximate surface area is 137 Å². The Morgan fingerprint density at radius 1 is 1.05 bits per heavy atom. The van der Waals surface area contributed by atoms with Gasteiger partial charge in [-0.25, -0.2) is 0 Å². The quantitative estimate of drug-likeness (QED) is 0.387. The lowest BCUT2D eigenvalue weighted by Crippen LogP contribution is -2.26. The first-order chi connectivity index (χ1) is 10.6. The van der Waals surface area contributed by atoms with E-state index in [1.54, 1.807) is 12.1 Å². The van der Waals surface area contributed by atoms with Crippen molar-refractivity contribution in [2.45, 2.75) is 45.4 Å². The lowest BCUT2D eigenvalue weighted by molar-refractivity contribution is 0.612. The molecule has 0 atom stereocenters. The standard InChI is InChI=1S/C16H26ClN5/c1-2-3-4-5-6-7-12-20-15(18)22-16(19)21-14-10-8-13(17)9-11-14/h8-11H,2-7,12H2,1H3,(H5,18,19,20,21,22). The van der Waals surface area contributed by atoms with E-state index in [-0.39, 0.29) is 11.9 Å². The summed E-state index contributed by atoms with van der Waals surface area (Å²) in [7, 11) is 0. The second-order valence-corrected chi connectivity index (χ2v) is 5.57. The van der Waals surface area contributed by atoms with Gasteiger partial charge in [0, 0.05) is 17.3 Å². The van der Waals surface area contributed by atoms with Gasteiger partial charge < -0.3 is 16.8 Å². The van der Waals surface area contributed by atoms with Crippen LogP contribution in [0.15, 0.2) is 34.3 Å². The molecular weight excluding hydrogens is 298 g/mol. The first kappa shape index (κ1) is 18.3. The van der Waals surface area contributed by atoms with Gasteiger partial charge in [-0.05, 0) is 30.7 Å². The molecule has 0 bridgehead atoms. The highest BCUT2D eigenvalue weighted by Gasteiger charge is 1.97. The average Bonchev–Trinajstić information content (AvgIpc) is 2.48. The minimum Gasteiger partial charge on any atom is -0.369 e. The van der Waals surface area contributed by atoms with E-state index in [0.717, 1.165) is 12.1 Å². The van der Waals surface area contributed by atoms with Crippen LogP contribution in [0.4, 0.5) is 5.69 Å². The normalized spacial score (nSPS) is 12.5. The summed E-state index contributed by atoms with van der Waals surface area (Å²) < 4.78 is 0. The molecule has 122 valence electrons. The molecule has 0 aliphatic carbocycles. The maximum absolute atomic E-state index is 5.82. The zero-order chi connectivity index (χ0) is 16.2. The molecule has 0 aliphatic heterocycles. The van der Waals surface area contributed by atoms with Gasteiger partial charge in [0.1, 0.15) is 0 Å².